The van der Waals surface area contributed by atoms with E-state index < -0.39 is 0 Å². The van der Waals surface area contributed by atoms with E-state index in [1.54, 1.807) is 24.5 Å². The number of methoxy groups -OCH3 is 1. The summed E-state index contributed by atoms with van der Waals surface area (Å²) in [7, 11) is 1.67. The molecule has 0 spiro atoms. The minimum atomic E-state index is -0.00238. The molecule has 3 aromatic carbocycles. The lowest BCUT2D eigenvalue weighted by molar-refractivity contribution is 0.414. The van der Waals surface area contributed by atoms with Crippen molar-refractivity contribution in [3.63, 3.8) is 0 Å². The molecule has 7 heteroatoms. The van der Waals surface area contributed by atoms with Crippen molar-refractivity contribution in [1.29, 1.82) is 0 Å². The van der Waals surface area contributed by atoms with E-state index in [1.165, 1.54) is 0 Å². The van der Waals surface area contributed by atoms with Gasteiger partial charge in [-0.25, -0.2) is 9.99 Å². The van der Waals surface area contributed by atoms with Crippen LogP contribution >= 0.6 is 34.5 Å². The molecule has 1 aliphatic heterocycles. The third-order valence-corrected chi connectivity index (χ3v) is 6.79. The quantitative estimate of drug-likeness (QED) is 0.297. The van der Waals surface area contributed by atoms with Gasteiger partial charge in [0.1, 0.15) is 5.75 Å². The van der Waals surface area contributed by atoms with Crippen LogP contribution in [0.25, 0.3) is 11.3 Å². The summed E-state index contributed by atoms with van der Waals surface area (Å²) in [6.07, 6.45) is 0.702. The average Bonchev–Trinajstić information content (AvgIpc) is 3.47. The Hall–Kier alpha value is -2.86. The summed E-state index contributed by atoms with van der Waals surface area (Å²) in [5, 5.41) is 11.1. The predicted molar refractivity (Wildman–Crippen MR) is 133 cm³/mol. The molecule has 0 fully saturated rings. The Bertz CT molecular complexity index is 1270. The van der Waals surface area contributed by atoms with Crippen molar-refractivity contribution in [2.75, 3.05) is 12.1 Å². The van der Waals surface area contributed by atoms with Crippen LogP contribution in [0.15, 0.2) is 83.3 Å². The number of hydrogen-bond donors (Lipinski definition) is 0. The third kappa shape index (κ3) is 4.11. The molecule has 32 heavy (non-hydrogen) atoms. The molecular weight excluding hydrogens is 461 g/mol. The number of halogens is 2. The van der Waals surface area contributed by atoms with Crippen LogP contribution in [-0.4, -0.2) is 17.8 Å². The fourth-order valence-corrected chi connectivity index (χ4v) is 5.12. The molecule has 0 aliphatic carbocycles. The lowest BCUT2D eigenvalue weighted by Crippen LogP contribution is -2.18. The van der Waals surface area contributed by atoms with Crippen molar-refractivity contribution in [3.05, 3.63) is 99.3 Å². The number of rotatable bonds is 5. The van der Waals surface area contributed by atoms with Crippen LogP contribution in [-0.2, 0) is 0 Å². The molecule has 0 N–H and O–H groups in total. The van der Waals surface area contributed by atoms with Gasteiger partial charge in [0.05, 0.1) is 29.6 Å². The molecule has 4 nitrogen and oxygen atoms in total. The van der Waals surface area contributed by atoms with Gasteiger partial charge in [-0.05, 0) is 29.8 Å². The topological polar surface area (TPSA) is 37.7 Å². The molecular formula is C25H19Cl2N3OS. The first-order valence-corrected chi connectivity index (χ1v) is 11.7. The minimum Gasteiger partial charge on any atom is -0.497 e. The second-order valence-corrected chi connectivity index (χ2v) is 9.07. The van der Waals surface area contributed by atoms with Crippen LogP contribution in [0, 0.1) is 0 Å². The van der Waals surface area contributed by atoms with Crippen LogP contribution in [0.3, 0.4) is 0 Å². The lowest BCUT2D eigenvalue weighted by Gasteiger charge is -2.21. The van der Waals surface area contributed by atoms with Crippen molar-refractivity contribution in [2.24, 2.45) is 5.10 Å². The molecule has 1 unspecified atom stereocenters. The Labute approximate surface area is 200 Å². The van der Waals surface area contributed by atoms with E-state index >= 15 is 0 Å². The first kappa shape index (κ1) is 21.0. The molecule has 160 valence electrons. The predicted octanol–water partition coefficient (Wildman–Crippen LogP) is 7.48. The summed E-state index contributed by atoms with van der Waals surface area (Å²) in [5.41, 5.74) is 4.94. The zero-order chi connectivity index (χ0) is 22.1. The normalized spacial score (nSPS) is 15.7. The Balaban J connectivity index is 1.55. The largest absolute Gasteiger partial charge is 0.497 e. The van der Waals surface area contributed by atoms with Crippen LogP contribution in [0.5, 0.6) is 5.75 Å². The van der Waals surface area contributed by atoms with Gasteiger partial charge in [0, 0.05) is 28.0 Å². The highest BCUT2D eigenvalue weighted by Gasteiger charge is 2.32. The summed E-state index contributed by atoms with van der Waals surface area (Å²) in [6, 6.07) is 23.8. The van der Waals surface area contributed by atoms with Crippen LogP contribution in [0.2, 0.25) is 10.0 Å². The first-order chi connectivity index (χ1) is 15.6. The van der Waals surface area contributed by atoms with Crippen molar-refractivity contribution >= 4 is 45.4 Å². The average molecular weight is 480 g/mol. The van der Waals surface area contributed by atoms with Gasteiger partial charge in [-0.3, -0.25) is 0 Å². The summed E-state index contributed by atoms with van der Waals surface area (Å²) in [6.45, 7) is 0. The molecule has 4 aromatic rings. The molecule has 0 amide bonds. The molecule has 0 saturated carbocycles. The number of hydrazone groups is 1. The molecule has 0 bridgehead atoms. The number of hydrogen-bond acceptors (Lipinski definition) is 5. The van der Waals surface area contributed by atoms with E-state index in [9.17, 15) is 0 Å². The second-order valence-electron chi connectivity index (χ2n) is 7.39. The smallest absolute Gasteiger partial charge is 0.207 e. The maximum atomic E-state index is 6.51. The Morgan fingerprint density at radius 1 is 1.00 bits per heavy atom. The van der Waals surface area contributed by atoms with Gasteiger partial charge in [0.15, 0.2) is 0 Å². The summed E-state index contributed by atoms with van der Waals surface area (Å²) in [5.74, 6) is 0.820. The first-order valence-electron chi connectivity index (χ1n) is 10.1. The molecule has 5 rings (SSSR count). The maximum absolute atomic E-state index is 6.51. The SMILES string of the molecule is COc1ccc(C2CC(c3ccc(Cl)cc3Cl)=NN2c2nc(-c3ccccc3)cs2)cc1. The van der Waals surface area contributed by atoms with E-state index in [4.69, 9.17) is 38.0 Å². The van der Waals surface area contributed by atoms with Crippen LogP contribution < -0.4 is 9.75 Å². The summed E-state index contributed by atoms with van der Waals surface area (Å²) in [4.78, 5) is 4.90. The van der Waals surface area contributed by atoms with Crippen molar-refractivity contribution in [2.45, 2.75) is 12.5 Å². The Morgan fingerprint density at radius 3 is 2.50 bits per heavy atom. The van der Waals surface area contributed by atoms with Gasteiger partial charge < -0.3 is 4.74 Å². The highest BCUT2D eigenvalue weighted by molar-refractivity contribution is 7.14. The highest BCUT2D eigenvalue weighted by Crippen LogP contribution is 2.40. The van der Waals surface area contributed by atoms with E-state index in [1.807, 2.05) is 47.5 Å². The van der Waals surface area contributed by atoms with Crippen molar-refractivity contribution in [1.82, 2.24) is 4.98 Å². The number of benzene rings is 3. The van der Waals surface area contributed by atoms with Gasteiger partial charge >= 0.3 is 0 Å². The van der Waals surface area contributed by atoms with Crippen molar-refractivity contribution in [3.8, 4) is 17.0 Å². The number of aromatic nitrogens is 1. The lowest BCUT2D eigenvalue weighted by atomic mass is 9.98. The fraction of sp³-hybridized carbons (Fsp3) is 0.120. The Morgan fingerprint density at radius 2 is 1.78 bits per heavy atom. The fourth-order valence-electron chi connectivity index (χ4n) is 3.77. The van der Waals surface area contributed by atoms with Crippen molar-refractivity contribution < 1.29 is 4.74 Å². The zero-order valence-electron chi connectivity index (χ0n) is 17.2. The molecule has 1 aromatic heterocycles. The monoisotopic (exact) mass is 479 g/mol. The zero-order valence-corrected chi connectivity index (χ0v) is 19.5. The molecule has 0 saturated heterocycles. The number of thiazole rings is 1. The van der Waals surface area contributed by atoms with Gasteiger partial charge in [0.2, 0.25) is 5.13 Å². The number of nitrogens with zero attached hydrogens (tertiary/aromatic N) is 3. The van der Waals surface area contributed by atoms with Crippen LogP contribution in [0.1, 0.15) is 23.6 Å². The van der Waals surface area contributed by atoms with Gasteiger partial charge in [0.25, 0.3) is 0 Å². The number of anilines is 1. The standard InChI is InChI=1S/C25H19Cl2N3OS/c1-31-19-10-7-17(8-11-19)24-14-22(20-12-9-18(26)13-21(20)27)29-30(24)25-28-23(15-32-25)16-5-3-2-4-6-16/h2-13,15,24H,14H2,1H3. The number of ether oxygens (including phenoxy) is 1. The summed E-state index contributed by atoms with van der Waals surface area (Å²) < 4.78 is 5.33. The van der Waals surface area contributed by atoms with Gasteiger partial charge in [-0.2, -0.15) is 5.10 Å². The molecule has 1 atom stereocenters. The van der Waals surface area contributed by atoms with E-state index in [2.05, 4.69) is 29.6 Å². The molecule has 0 radical (unpaired) electrons. The van der Waals surface area contributed by atoms with E-state index in [0.29, 0.717) is 16.5 Å². The third-order valence-electron chi connectivity index (χ3n) is 5.41. The van der Waals surface area contributed by atoms with Gasteiger partial charge in [-0.15, -0.1) is 11.3 Å². The highest BCUT2D eigenvalue weighted by atomic mass is 35.5. The summed E-state index contributed by atoms with van der Waals surface area (Å²) >= 11 is 14.2. The maximum Gasteiger partial charge on any atom is 0.207 e. The molecule has 1 aliphatic rings. The van der Waals surface area contributed by atoms with Gasteiger partial charge in [-0.1, -0.05) is 71.7 Å². The van der Waals surface area contributed by atoms with E-state index in [0.717, 1.165) is 39.0 Å². The molecule has 2 heterocycles. The second kappa shape index (κ2) is 8.94. The Kier molecular flexibility index (Phi) is 5.87. The minimum absolute atomic E-state index is 0.00238. The van der Waals surface area contributed by atoms with Crippen LogP contribution in [0.4, 0.5) is 5.13 Å². The van der Waals surface area contributed by atoms with E-state index in [-0.39, 0.29) is 6.04 Å².